The first-order valence-electron chi connectivity index (χ1n) is 10.2. The average molecular weight is 440 g/mol. The average Bonchev–Trinajstić information content (AvgIpc) is 2.84. The molecule has 1 aromatic heterocycles. The molecule has 4 nitrogen and oxygen atoms in total. The molecule has 1 heterocycles. The van der Waals surface area contributed by atoms with Crippen LogP contribution in [0.4, 0.5) is 8.78 Å². The molecule has 0 unspecified atom stereocenters. The van der Waals surface area contributed by atoms with E-state index in [0.717, 1.165) is 33.4 Å². The summed E-state index contributed by atoms with van der Waals surface area (Å²) in [7, 11) is 0. The Morgan fingerprint density at radius 3 is 2.15 bits per heavy atom. The van der Waals surface area contributed by atoms with Gasteiger partial charge in [-0.3, -0.25) is 0 Å². The van der Waals surface area contributed by atoms with Gasteiger partial charge in [0.1, 0.15) is 23.4 Å². The van der Waals surface area contributed by atoms with Gasteiger partial charge in [0.25, 0.3) is 0 Å². The Labute approximate surface area is 189 Å². The van der Waals surface area contributed by atoms with Crippen molar-refractivity contribution in [2.75, 3.05) is 6.61 Å². The Bertz CT molecular complexity index is 1310. The molecular weight excluding hydrogens is 422 g/mol. The molecule has 6 heteroatoms. The first kappa shape index (κ1) is 21.8. The van der Waals surface area contributed by atoms with Crippen molar-refractivity contribution in [2.24, 2.45) is 0 Å². The molecule has 3 aromatic carbocycles. The van der Waals surface area contributed by atoms with Gasteiger partial charge < -0.3 is 4.74 Å². The van der Waals surface area contributed by atoms with Crippen LogP contribution in [-0.2, 0) is 11.2 Å². The number of carbonyl (C=O) groups is 1. The summed E-state index contributed by atoms with van der Waals surface area (Å²) < 4.78 is 31.9. The fraction of sp³-hybridized carbons (Fsp3) is 0.0741. The Morgan fingerprint density at radius 2 is 1.55 bits per heavy atom. The second-order valence-corrected chi connectivity index (χ2v) is 7.32. The smallest absolute Gasteiger partial charge is 0.357 e. The fourth-order valence-corrected chi connectivity index (χ4v) is 3.62. The monoisotopic (exact) mass is 440 g/mol. The Balaban J connectivity index is 1.73. The van der Waals surface area contributed by atoms with Crippen molar-refractivity contribution in [1.29, 1.82) is 5.26 Å². The molecule has 162 valence electrons. The second-order valence-electron chi connectivity index (χ2n) is 7.32. The molecule has 0 aliphatic carbocycles. The van der Waals surface area contributed by atoms with E-state index in [-0.39, 0.29) is 23.9 Å². The number of nitrogens with zero attached hydrogens (tertiary/aromatic N) is 2. The number of halogens is 2. The molecule has 0 saturated carbocycles. The van der Waals surface area contributed by atoms with Crippen LogP contribution >= 0.6 is 0 Å². The normalized spacial score (nSPS) is 10.5. The summed E-state index contributed by atoms with van der Waals surface area (Å²) in [6.45, 7) is -0.334. The quantitative estimate of drug-likeness (QED) is 0.347. The molecule has 0 saturated heterocycles. The largest absolute Gasteiger partial charge is 0.446 e. The standard InChI is InChI=1S/C27H18F2N2O2/c28-22-9-5-19(6-10-22)24-3-1-2-21(26(24)20-7-11-23(29)12-8-20)16-18-4-13-25(31-17-18)27(32)33-15-14-30/h1-13,17H,15-16H2. The molecule has 33 heavy (non-hydrogen) atoms. The van der Waals surface area contributed by atoms with E-state index in [2.05, 4.69) is 4.98 Å². The van der Waals surface area contributed by atoms with Crippen molar-refractivity contribution in [3.63, 3.8) is 0 Å². The minimum atomic E-state index is -0.659. The lowest BCUT2D eigenvalue weighted by atomic mass is 9.88. The van der Waals surface area contributed by atoms with Crippen LogP contribution in [0.1, 0.15) is 21.6 Å². The summed E-state index contributed by atoms with van der Waals surface area (Å²) in [5.41, 5.74) is 5.40. The van der Waals surface area contributed by atoms with E-state index in [1.165, 1.54) is 24.3 Å². The van der Waals surface area contributed by atoms with Crippen LogP contribution in [0.2, 0.25) is 0 Å². The minimum absolute atomic E-state index is 0.118. The van der Waals surface area contributed by atoms with E-state index in [4.69, 9.17) is 10.00 Å². The third-order valence-corrected chi connectivity index (χ3v) is 5.14. The molecule has 0 fully saturated rings. The number of benzene rings is 3. The third-order valence-electron chi connectivity index (χ3n) is 5.14. The lowest BCUT2D eigenvalue weighted by Crippen LogP contribution is -2.07. The summed E-state index contributed by atoms with van der Waals surface area (Å²) in [6, 6.07) is 23.4. The zero-order valence-electron chi connectivity index (χ0n) is 17.5. The van der Waals surface area contributed by atoms with Gasteiger partial charge in [0.05, 0.1) is 0 Å². The number of pyridine rings is 1. The first-order valence-corrected chi connectivity index (χ1v) is 10.2. The van der Waals surface area contributed by atoms with Crippen LogP contribution < -0.4 is 0 Å². The van der Waals surface area contributed by atoms with Crippen LogP contribution in [0.3, 0.4) is 0 Å². The van der Waals surface area contributed by atoms with Crippen molar-refractivity contribution < 1.29 is 18.3 Å². The highest BCUT2D eigenvalue weighted by Crippen LogP contribution is 2.36. The molecule has 0 spiro atoms. The summed E-state index contributed by atoms with van der Waals surface area (Å²) >= 11 is 0. The number of ether oxygens (including phenoxy) is 1. The van der Waals surface area contributed by atoms with Gasteiger partial charge in [-0.05, 0) is 70.1 Å². The zero-order chi connectivity index (χ0) is 23.2. The maximum Gasteiger partial charge on any atom is 0.357 e. The van der Waals surface area contributed by atoms with Crippen LogP contribution in [0.25, 0.3) is 22.3 Å². The van der Waals surface area contributed by atoms with Crippen LogP contribution in [0.5, 0.6) is 0 Å². The van der Waals surface area contributed by atoms with Gasteiger partial charge in [0.2, 0.25) is 0 Å². The molecule has 0 amide bonds. The van der Waals surface area contributed by atoms with E-state index >= 15 is 0 Å². The highest BCUT2D eigenvalue weighted by atomic mass is 19.1. The second kappa shape index (κ2) is 9.84. The Morgan fingerprint density at radius 1 is 0.879 bits per heavy atom. The van der Waals surface area contributed by atoms with Crippen molar-refractivity contribution in [1.82, 2.24) is 4.98 Å². The van der Waals surface area contributed by atoms with Gasteiger partial charge >= 0.3 is 5.97 Å². The molecule has 0 bridgehead atoms. The van der Waals surface area contributed by atoms with Crippen LogP contribution in [0, 0.1) is 23.0 Å². The predicted octanol–water partition coefficient (Wildman–Crippen LogP) is 5.96. The summed E-state index contributed by atoms with van der Waals surface area (Å²) in [5.74, 6) is -1.31. The van der Waals surface area contributed by atoms with Crippen molar-refractivity contribution >= 4 is 5.97 Å². The number of nitriles is 1. The van der Waals surface area contributed by atoms with Crippen molar-refractivity contribution in [3.8, 4) is 28.3 Å². The van der Waals surface area contributed by atoms with Gasteiger partial charge in [-0.15, -0.1) is 0 Å². The van der Waals surface area contributed by atoms with Gasteiger partial charge in [0, 0.05) is 6.20 Å². The number of rotatable bonds is 6. The van der Waals surface area contributed by atoms with Gasteiger partial charge in [-0.25, -0.2) is 18.6 Å². The summed E-state index contributed by atoms with van der Waals surface area (Å²) in [6.07, 6.45) is 2.09. The topological polar surface area (TPSA) is 63.0 Å². The van der Waals surface area contributed by atoms with Gasteiger partial charge in [-0.1, -0.05) is 48.5 Å². The highest BCUT2D eigenvalue weighted by Gasteiger charge is 2.14. The van der Waals surface area contributed by atoms with Crippen molar-refractivity contribution in [3.05, 3.63) is 114 Å². The summed E-state index contributed by atoms with van der Waals surface area (Å²) in [4.78, 5) is 16.0. The van der Waals surface area contributed by atoms with Gasteiger partial charge in [-0.2, -0.15) is 5.26 Å². The molecule has 0 atom stereocenters. The molecule has 0 aliphatic rings. The van der Waals surface area contributed by atoms with E-state index in [0.29, 0.717) is 6.42 Å². The molecule has 4 aromatic rings. The Hall–Kier alpha value is -4.37. The molecular formula is C27H18F2N2O2. The lowest BCUT2D eigenvalue weighted by Gasteiger charge is -2.16. The Kier molecular flexibility index (Phi) is 6.51. The third kappa shape index (κ3) is 5.10. The van der Waals surface area contributed by atoms with E-state index in [1.54, 1.807) is 48.7 Å². The number of aromatic nitrogens is 1. The fourth-order valence-electron chi connectivity index (χ4n) is 3.62. The number of hydrogen-bond acceptors (Lipinski definition) is 4. The molecule has 0 radical (unpaired) electrons. The minimum Gasteiger partial charge on any atom is -0.446 e. The maximum absolute atomic E-state index is 13.6. The first-order chi connectivity index (χ1) is 16.0. The SMILES string of the molecule is N#CCOC(=O)c1ccc(Cc2cccc(-c3ccc(F)cc3)c2-c2ccc(F)cc2)cn1. The maximum atomic E-state index is 13.6. The molecule has 0 aliphatic heterocycles. The summed E-state index contributed by atoms with van der Waals surface area (Å²) in [5, 5.41) is 8.54. The van der Waals surface area contributed by atoms with E-state index in [9.17, 15) is 13.6 Å². The van der Waals surface area contributed by atoms with Crippen LogP contribution in [-0.4, -0.2) is 17.6 Å². The molecule has 4 rings (SSSR count). The lowest BCUT2D eigenvalue weighted by molar-refractivity contribution is 0.0548. The van der Waals surface area contributed by atoms with E-state index in [1.807, 2.05) is 18.2 Å². The zero-order valence-corrected chi connectivity index (χ0v) is 17.5. The highest BCUT2D eigenvalue weighted by molar-refractivity contribution is 5.87. The number of esters is 1. The van der Waals surface area contributed by atoms with Crippen LogP contribution in [0.15, 0.2) is 85.1 Å². The number of carbonyl (C=O) groups excluding carboxylic acids is 1. The van der Waals surface area contributed by atoms with Gasteiger partial charge in [0.15, 0.2) is 6.61 Å². The molecule has 0 N–H and O–H groups in total. The number of hydrogen-bond donors (Lipinski definition) is 0. The van der Waals surface area contributed by atoms with E-state index < -0.39 is 5.97 Å². The predicted molar refractivity (Wildman–Crippen MR) is 120 cm³/mol. The van der Waals surface area contributed by atoms with Crippen molar-refractivity contribution in [2.45, 2.75) is 6.42 Å².